The summed E-state index contributed by atoms with van der Waals surface area (Å²) in [7, 11) is 0. The number of nitrogens with zero attached hydrogens (tertiary/aromatic N) is 7. The van der Waals surface area contributed by atoms with Gasteiger partial charge in [-0.1, -0.05) is 194 Å². The maximum atomic E-state index is 13.6. The van der Waals surface area contributed by atoms with Crippen LogP contribution in [0, 0.1) is 66.6 Å². The van der Waals surface area contributed by atoms with Crippen LogP contribution in [0.25, 0.3) is 121 Å². The molecule has 0 spiro atoms. The van der Waals surface area contributed by atoms with Crippen molar-refractivity contribution in [1.29, 1.82) is 0 Å². The first-order valence-corrected chi connectivity index (χ1v) is 40.4. The van der Waals surface area contributed by atoms with Crippen molar-refractivity contribution in [2.24, 2.45) is 0 Å². The van der Waals surface area contributed by atoms with E-state index in [1.807, 2.05) is 176 Å². The predicted molar refractivity (Wildman–Crippen MR) is 501 cm³/mol. The van der Waals surface area contributed by atoms with Gasteiger partial charge in [0.1, 0.15) is 5.69 Å². The molecule has 25 heteroatoms. The summed E-state index contributed by atoms with van der Waals surface area (Å²) < 4.78 is 53.5. The summed E-state index contributed by atoms with van der Waals surface area (Å²) in [5.41, 5.74) is 13.8. The molecule has 18 rings (SSSR count). The van der Waals surface area contributed by atoms with Gasteiger partial charge in [0, 0.05) is 184 Å². The summed E-state index contributed by atoms with van der Waals surface area (Å²) in [6, 6.07) is 116. The molecule has 685 valence electrons. The number of carboxylic acids is 1. The van der Waals surface area contributed by atoms with E-state index in [-0.39, 0.29) is 152 Å². The summed E-state index contributed by atoms with van der Waals surface area (Å²) in [6.45, 7) is 10.6. The molecule has 0 unspecified atom stereocenters. The minimum Gasteiger partial charge on any atom is -0.512 e. The standard InChI is InChI=1S/C22H16N.C15H8F2N.C15H10N.C13H8NS.C11H6F2N.C11H8N.C6H5NO2.3C5H8O2.5Ir/c1-16-9-5-6-12-18(16)22-15-20(17-10-3-2-4-11-17)19-13-7-8-14-21(19)23-22;16-11-6-7-12(13(17)9-11)15-8-5-10-3-1-2-4-14(10)18-15;1-2-7-13(8-3-1)15-14-9-5-4-6-12(14)10-11-16-15;1-2-7-12-10(5-1)9-13(15-12)11-6-3-4-8-14-11;12-8-4-5-9(10(13)7-8)11-3-1-2-6-14-11;1-2-6-10(7-3-1)11-8-4-5-9-12-11;8-6(9)5-3-1-2-4-7-5;3*1-4(6)3-5(2)7;;;;;/h2-11,13-15H,1H3;1-6,8-9H;1-7,9-11H;1-8H;1-4,6-7H;1-6,8-9H;1-4H,(H,8,9);3*3,6H,1-2H3;;;;;/q6*-1;;;;;;;;;. The smallest absolute Gasteiger partial charge is 0.354 e. The van der Waals surface area contributed by atoms with Crippen molar-refractivity contribution in [3.63, 3.8) is 0 Å². The number of aliphatic hydroxyl groups excluding tert-OH is 3. The Hall–Kier alpha value is -12.9. The van der Waals surface area contributed by atoms with Crippen molar-refractivity contribution in [2.45, 2.75) is 48.5 Å². The number of benzene rings is 10. The number of hydrogen-bond acceptors (Lipinski definition) is 15. The number of pyridine rings is 7. The third-order valence-electron chi connectivity index (χ3n) is 17.3. The second-order valence-corrected chi connectivity index (χ2v) is 28.5. The van der Waals surface area contributed by atoms with Gasteiger partial charge in [0.25, 0.3) is 0 Å². The Balaban J connectivity index is 0.000000315. The average molecular weight is 2680 g/mol. The number of para-hydroxylation sites is 2. The maximum absolute atomic E-state index is 13.6. The molecule has 8 heterocycles. The van der Waals surface area contributed by atoms with Gasteiger partial charge in [-0.25, -0.2) is 21.1 Å². The number of rotatable bonds is 11. The van der Waals surface area contributed by atoms with Crippen molar-refractivity contribution in [2.75, 3.05) is 0 Å². The van der Waals surface area contributed by atoms with Crippen LogP contribution >= 0.6 is 11.3 Å². The number of carboxylic acid groups (broad SMARTS) is 1. The van der Waals surface area contributed by atoms with E-state index >= 15 is 0 Å². The normalized spacial score (nSPS) is 10.1. The van der Waals surface area contributed by atoms with Crippen molar-refractivity contribution < 1.29 is 158 Å². The first kappa shape index (κ1) is 112. The van der Waals surface area contributed by atoms with E-state index in [1.54, 1.807) is 60.1 Å². The van der Waals surface area contributed by atoms with E-state index in [4.69, 9.17) is 25.4 Å². The van der Waals surface area contributed by atoms with Gasteiger partial charge in [0.15, 0.2) is 17.3 Å². The minimum absolute atomic E-state index is 0. The number of allylic oxidation sites excluding steroid dienone is 6. The number of carbonyl (C=O) groups is 4. The van der Waals surface area contributed by atoms with Crippen molar-refractivity contribution in [1.82, 2.24) is 34.9 Å². The van der Waals surface area contributed by atoms with Crippen molar-refractivity contribution in [3.05, 3.63) is 453 Å². The molecule has 0 bridgehead atoms. The van der Waals surface area contributed by atoms with Gasteiger partial charge < -0.3 is 40.4 Å². The average Bonchev–Trinajstić information content (AvgIpc) is 1.40. The zero-order valence-electron chi connectivity index (χ0n) is 72.3. The van der Waals surface area contributed by atoms with Gasteiger partial charge >= 0.3 is 5.97 Å². The third kappa shape index (κ3) is 38.1. The molecule has 5 radical (unpaired) electrons. The summed E-state index contributed by atoms with van der Waals surface area (Å²) in [5.74, 6) is -3.76. The summed E-state index contributed by atoms with van der Waals surface area (Å²) >= 11 is 1.73. The molecule has 0 aliphatic rings. The number of aromatic nitrogens is 7. The van der Waals surface area contributed by atoms with Crippen molar-refractivity contribution >= 4 is 77.3 Å². The van der Waals surface area contributed by atoms with Gasteiger partial charge in [-0.15, -0.1) is 155 Å². The molecule has 0 fully saturated rings. The Morgan fingerprint density at radius 1 is 0.361 bits per heavy atom. The maximum Gasteiger partial charge on any atom is 0.354 e. The molecule has 4 N–H and O–H groups in total. The summed E-state index contributed by atoms with van der Waals surface area (Å²) in [6.07, 6.45) is 11.9. The van der Waals surface area contributed by atoms with Gasteiger partial charge in [0.05, 0.1) is 28.3 Å². The van der Waals surface area contributed by atoms with Crippen LogP contribution in [0.5, 0.6) is 0 Å². The SMILES string of the molecule is CC(=O)C=C(C)O.CC(=O)C=C(C)O.CC(=O)C=C(C)O.Cc1ccc[c-]c1-c1cc(-c2ccccc2)c2ccccc2n1.Fc1c[c-]c(-c2ccc3ccccc3n2)c(F)c1.Fc1c[c-]c(-c2ccccn2)c(F)c1.O=C(O)c1ccccn1.[Ir].[Ir].[Ir].[Ir].[Ir].[c-]1c(-c2ccccn2)sc2ccccc12.[c-]1ccccc1-c1ccccn1.[c-]1ccccc1-c1nccc2ccccc12. The van der Waals surface area contributed by atoms with Crippen molar-refractivity contribution in [3.8, 4) is 78.0 Å². The molecule has 133 heavy (non-hydrogen) atoms. The van der Waals surface area contributed by atoms with Crippen LogP contribution in [0.3, 0.4) is 0 Å². The monoisotopic (exact) mass is 2680 g/mol. The second kappa shape index (κ2) is 60.2. The van der Waals surface area contributed by atoms with Gasteiger partial charge in [0.2, 0.25) is 0 Å². The molecule has 0 atom stereocenters. The van der Waals surface area contributed by atoms with E-state index in [0.717, 1.165) is 85.0 Å². The van der Waals surface area contributed by atoms with E-state index < -0.39 is 29.2 Å². The first-order chi connectivity index (χ1) is 61.9. The number of ketones is 3. The second-order valence-electron chi connectivity index (χ2n) is 27.5. The number of fused-ring (bicyclic) bond motifs is 4. The molecule has 10 aromatic carbocycles. The summed E-state index contributed by atoms with van der Waals surface area (Å²) in [5, 5.41) is 39.1. The Labute approximate surface area is 841 Å². The zero-order valence-corrected chi connectivity index (χ0v) is 85.1. The summed E-state index contributed by atoms with van der Waals surface area (Å²) in [4.78, 5) is 71.0. The van der Waals surface area contributed by atoms with Crippen LogP contribution in [0.4, 0.5) is 17.6 Å². The van der Waals surface area contributed by atoms with Gasteiger partial charge in [-0.3, -0.25) is 41.9 Å². The third-order valence-corrected chi connectivity index (χ3v) is 18.4. The molecule has 18 aromatic rings. The fourth-order valence-corrected chi connectivity index (χ4v) is 12.8. The predicted octanol–water partition coefficient (Wildman–Crippen LogP) is 26.4. The largest absolute Gasteiger partial charge is 0.512 e. The number of thiophene rings is 1. The van der Waals surface area contributed by atoms with E-state index in [2.05, 4.69) is 158 Å². The first-order valence-electron chi connectivity index (χ1n) is 39.6. The molecule has 15 nitrogen and oxygen atoms in total. The molecule has 0 saturated heterocycles. The fourth-order valence-electron chi connectivity index (χ4n) is 11.8. The number of aromatic carboxylic acids is 1. The van der Waals surface area contributed by atoms with Crippen LogP contribution < -0.4 is 0 Å². The number of aryl methyl sites for hydroxylation is 1. The molecule has 8 aromatic heterocycles. The van der Waals surface area contributed by atoms with Gasteiger partial charge in [-0.2, -0.15) is 0 Å². The van der Waals surface area contributed by atoms with Crippen LogP contribution in [0.2, 0.25) is 0 Å². The Bertz CT molecular complexity index is 6600. The van der Waals surface area contributed by atoms with E-state index in [1.165, 1.54) is 115 Å². The van der Waals surface area contributed by atoms with Crippen LogP contribution in [-0.2, 0) is 115 Å². The number of aliphatic hydroxyl groups is 3. The molecule has 0 aliphatic heterocycles. The number of carbonyl (C=O) groups excluding carboxylic acids is 3. The molecular formula is C108H85F4Ir5N7O8S-6. The number of hydrogen-bond donors (Lipinski definition) is 4. The topological polar surface area (TPSA) is 239 Å². The minimum atomic E-state index is -0.990. The molecule has 0 amide bonds. The van der Waals surface area contributed by atoms with Crippen LogP contribution in [0.15, 0.2) is 382 Å². The molecule has 0 aliphatic carbocycles. The van der Waals surface area contributed by atoms with E-state index in [9.17, 15) is 36.7 Å². The Kier molecular flexibility index (Phi) is 50.8. The fraction of sp³-hybridized carbons (Fsp3) is 0.0648. The van der Waals surface area contributed by atoms with Crippen LogP contribution in [0.1, 0.15) is 57.6 Å². The quantitative estimate of drug-likeness (QED) is 0.0407. The Morgan fingerprint density at radius 2 is 0.827 bits per heavy atom. The van der Waals surface area contributed by atoms with E-state index in [0.29, 0.717) is 11.4 Å². The van der Waals surface area contributed by atoms with Crippen LogP contribution in [-0.4, -0.2) is 78.6 Å². The zero-order chi connectivity index (χ0) is 91.5. The van der Waals surface area contributed by atoms with Gasteiger partial charge in [-0.05, 0) is 155 Å². The molecule has 0 saturated carbocycles. The molecular weight excluding hydrogens is 2590 g/mol. The number of halogens is 4. The Morgan fingerprint density at radius 3 is 1.32 bits per heavy atom.